The SMILES string of the molecule is CNc1ccnc(C(=O)NCc2cnc(C)cn2)c1. The number of rotatable bonds is 4. The summed E-state index contributed by atoms with van der Waals surface area (Å²) >= 11 is 0. The Hall–Kier alpha value is -2.50. The highest BCUT2D eigenvalue weighted by atomic mass is 16.1. The third-order valence-corrected chi connectivity index (χ3v) is 2.55. The fourth-order valence-corrected chi connectivity index (χ4v) is 1.48. The second kappa shape index (κ2) is 5.90. The van der Waals surface area contributed by atoms with Crippen LogP contribution >= 0.6 is 0 Å². The van der Waals surface area contributed by atoms with Gasteiger partial charge in [0.2, 0.25) is 0 Å². The molecule has 6 heteroatoms. The van der Waals surface area contributed by atoms with Crippen LogP contribution < -0.4 is 10.6 Å². The minimum Gasteiger partial charge on any atom is -0.388 e. The average molecular weight is 257 g/mol. The average Bonchev–Trinajstić information content (AvgIpc) is 2.46. The summed E-state index contributed by atoms with van der Waals surface area (Å²) < 4.78 is 0. The third-order valence-electron chi connectivity index (χ3n) is 2.55. The van der Waals surface area contributed by atoms with Crippen molar-refractivity contribution < 1.29 is 4.79 Å². The van der Waals surface area contributed by atoms with Gasteiger partial charge in [-0.3, -0.25) is 19.7 Å². The maximum atomic E-state index is 11.9. The van der Waals surface area contributed by atoms with E-state index in [2.05, 4.69) is 25.6 Å². The lowest BCUT2D eigenvalue weighted by atomic mass is 10.3. The Balaban J connectivity index is 1.99. The molecule has 6 nitrogen and oxygen atoms in total. The van der Waals surface area contributed by atoms with Crippen LogP contribution in [-0.2, 0) is 6.54 Å². The van der Waals surface area contributed by atoms with E-state index in [9.17, 15) is 4.79 Å². The van der Waals surface area contributed by atoms with Crippen molar-refractivity contribution in [3.8, 4) is 0 Å². The predicted octanol–water partition coefficient (Wildman–Crippen LogP) is 1.15. The number of nitrogens with one attached hydrogen (secondary N) is 2. The highest BCUT2D eigenvalue weighted by Gasteiger charge is 2.07. The molecule has 0 atom stereocenters. The van der Waals surface area contributed by atoms with Gasteiger partial charge in [0.1, 0.15) is 5.69 Å². The molecule has 0 aliphatic rings. The van der Waals surface area contributed by atoms with Crippen molar-refractivity contribution in [3.63, 3.8) is 0 Å². The van der Waals surface area contributed by atoms with Gasteiger partial charge in [-0.25, -0.2) is 0 Å². The predicted molar refractivity (Wildman–Crippen MR) is 71.7 cm³/mol. The van der Waals surface area contributed by atoms with Gasteiger partial charge in [0.05, 0.1) is 24.1 Å². The second-order valence-corrected chi connectivity index (χ2v) is 4.01. The zero-order valence-corrected chi connectivity index (χ0v) is 10.8. The first-order chi connectivity index (χ1) is 9.19. The molecule has 2 heterocycles. The number of aromatic nitrogens is 3. The normalized spacial score (nSPS) is 10.0. The quantitative estimate of drug-likeness (QED) is 0.859. The van der Waals surface area contributed by atoms with Crippen LogP contribution in [0.5, 0.6) is 0 Å². The Morgan fingerprint density at radius 1 is 1.26 bits per heavy atom. The van der Waals surface area contributed by atoms with Crippen molar-refractivity contribution in [2.24, 2.45) is 0 Å². The molecule has 0 aromatic carbocycles. The van der Waals surface area contributed by atoms with E-state index >= 15 is 0 Å². The first-order valence-corrected chi connectivity index (χ1v) is 5.88. The topological polar surface area (TPSA) is 79.8 Å². The number of pyridine rings is 1. The largest absolute Gasteiger partial charge is 0.388 e. The number of anilines is 1. The zero-order chi connectivity index (χ0) is 13.7. The molecule has 0 spiro atoms. The van der Waals surface area contributed by atoms with Gasteiger partial charge >= 0.3 is 0 Å². The molecule has 2 aromatic rings. The van der Waals surface area contributed by atoms with Crippen LogP contribution in [0, 0.1) is 6.92 Å². The van der Waals surface area contributed by atoms with Crippen molar-refractivity contribution in [3.05, 3.63) is 47.8 Å². The molecule has 0 radical (unpaired) electrons. The first kappa shape index (κ1) is 12.9. The lowest BCUT2D eigenvalue weighted by Crippen LogP contribution is -2.24. The molecule has 2 N–H and O–H groups in total. The number of hydrogen-bond acceptors (Lipinski definition) is 5. The molecule has 0 unspecified atom stereocenters. The standard InChI is InChI=1S/C13H15N5O/c1-9-6-17-11(7-16-9)8-18-13(19)12-5-10(14-2)3-4-15-12/h3-7H,8H2,1-2H3,(H,14,15)(H,18,19). The van der Waals surface area contributed by atoms with E-state index in [4.69, 9.17) is 0 Å². The number of amides is 1. The van der Waals surface area contributed by atoms with E-state index in [1.165, 1.54) is 0 Å². The zero-order valence-electron chi connectivity index (χ0n) is 10.8. The molecule has 0 fully saturated rings. The van der Waals surface area contributed by atoms with Crippen molar-refractivity contribution in [2.45, 2.75) is 13.5 Å². The lowest BCUT2D eigenvalue weighted by Gasteiger charge is -2.05. The van der Waals surface area contributed by atoms with E-state index in [1.54, 1.807) is 37.8 Å². The molecular formula is C13H15N5O. The summed E-state index contributed by atoms with van der Waals surface area (Å²) in [4.78, 5) is 24.2. The molecule has 2 rings (SSSR count). The molecule has 98 valence electrons. The Kier molecular flexibility index (Phi) is 4.02. The molecule has 0 bridgehead atoms. The molecule has 0 saturated heterocycles. The van der Waals surface area contributed by atoms with Crippen LogP contribution in [0.3, 0.4) is 0 Å². The monoisotopic (exact) mass is 257 g/mol. The number of carbonyl (C=O) groups excluding carboxylic acids is 1. The van der Waals surface area contributed by atoms with Gasteiger partial charge in [-0.05, 0) is 19.1 Å². The number of carbonyl (C=O) groups is 1. The molecule has 19 heavy (non-hydrogen) atoms. The van der Waals surface area contributed by atoms with E-state index in [0.29, 0.717) is 17.9 Å². The van der Waals surface area contributed by atoms with Gasteiger partial charge in [0, 0.05) is 25.1 Å². The van der Waals surface area contributed by atoms with E-state index in [1.807, 2.05) is 6.92 Å². The van der Waals surface area contributed by atoms with Crippen molar-refractivity contribution in [1.82, 2.24) is 20.3 Å². The summed E-state index contributed by atoms with van der Waals surface area (Å²) in [7, 11) is 1.79. The van der Waals surface area contributed by atoms with E-state index < -0.39 is 0 Å². The van der Waals surface area contributed by atoms with Gasteiger partial charge in [0.25, 0.3) is 5.91 Å². The fourth-order valence-electron chi connectivity index (χ4n) is 1.48. The first-order valence-electron chi connectivity index (χ1n) is 5.88. The molecule has 2 aromatic heterocycles. The summed E-state index contributed by atoms with van der Waals surface area (Å²) in [6.45, 7) is 2.19. The number of aryl methyl sites for hydroxylation is 1. The van der Waals surface area contributed by atoms with Crippen LogP contribution in [0.1, 0.15) is 21.9 Å². The molecular weight excluding hydrogens is 242 g/mol. The Morgan fingerprint density at radius 2 is 2.11 bits per heavy atom. The van der Waals surface area contributed by atoms with Gasteiger partial charge in [-0.2, -0.15) is 0 Å². The Labute approximate surface area is 111 Å². The molecule has 0 aliphatic heterocycles. The number of hydrogen-bond donors (Lipinski definition) is 2. The Bertz CT molecular complexity index is 568. The summed E-state index contributed by atoms with van der Waals surface area (Å²) in [5, 5.41) is 5.71. The lowest BCUT2D eigenvalue weighted by molar-refractivity contribution is 0.0945. The van der Waals surface area contributed by atoms with Crippen LogP contribution in [0.2, 0.25) is 0 Å². The van der Waals surface area contributed by atoms with Crippen molar-refractivity contribution >= 4 is 11.6 Å². The van der Waals surface area contributed by atoms with Gasteiger partial charge < -0.3 is 10.6 Å². The molecule has 1 amide bonds. The summed E-state index contributed by atoms with van der Waals surface area (Å²) in [6, 6.07) is 3.48. The smallest absolute Gasteiger partial charge is 0.270 e. The molecule has 0 saturated carbocycles. The highest BCUT2D eigenvalue weighted by Crippen LogP contribution is 2.06. The second-order valence-electron chi connectivity index (χ2n) is 4.01. The Morgan fingerprint density at radius 3 is 2.79 bits per heavy atom. The van der Waals surface area contributed by atoms with Gasteiger partial charge in [0.15, 0.2) is 0 Å². The highest BCUT2D eigenvalue weighted by molar-refractivity contribution is 5.92. The summed E-state index contributed by atoms with van der Waals surface area (Å²) in [6.07, 6.45) is 4.90. The molecule has 0 aliphatic carbocycles. The van der Waals surface area contributed by atoms with Gasteiger partial charge in [-0.1, -0.05) is 0 Å². The number of nitrogens with zero attached hydrogens (tertiary/aromatic N) is 3. The van der Waals surface area contributed by atoms with Crippen LogP contribution in [0.4, 0.5) is 5.69 Å². The fraction of sp³-hybridized carbons (Fsp3) is 0.231. The maximum Gasteiger partial charge on any atom is 0.270 e. The summed E-state index contributed by atoms with van der Waals surface area (Å²) in [5.41, 5.74) is 2.77. The van der Waals surface area contributed by atoms with Crippen LogP contribution in [0.25, 0.3) is 0 Å². The van der Waals surface area contributed by atoms with E-state index in [-0.39, 0.29) is 5.91 Å². The maximum absolute atomic E-state index is 11.9. The van der Waals surface area contributed by atoms with E-state index in [0.717, 1.165) is 11.4 Å². The minimum absolute atomic E-state index is 0.237. The van der Waals surface area contributed by atoms with Crippen molar-refractivity contribution in [2.75, 3.05) is 12.4 Å². The van der Waals surface area contributed by atoms with Gasteiger partial charge in [-0.15, -0.1) is 0 Å². The minimum atomic E-state index is -0.237. The summed E-state index contributed by atoms with van der Waals surface area (Å²) in [5.74, 6) is -0.237. The van der Waals surface area contributed by atoms with Crippen molar-refractivity contribution in [1.29, 1.82) is 0 Å². The van der Waals surface area contributed by atoms with Crippen LogP contribution in [0.15, 0.2) is 30.7 Å². The van der Waals surface area contributed by atoms with Crippen LogP contribution in [-0.4, -0.2) is 27.9 Å². The third kappa shape index (κ3) is 3.48.